The van der Waals surface area contributed by atoms with Crippen molar-refractivity contribution in [2.24, 2.45) is 11.8 Å². The Kier molecular flexibility index (Phi) is 4.67. The van der Waals surface area contributed by atoms with Gasteiger partial charge in [0.05, 0.1) is 0 Å². The van der Waals surface area contributed by atoms with Crippen molar-refractivity contribution in [2.75, 3.05) is 6.61 Å². The smallest absolute Gasteiger partial charge is 0.0459 e. The minimum Gasteiger partial charge on any atom is -0.396 e. The summed E-state index contributed by atoms with van der Waals surface area (Å²) in [5.74, 6) is 1.57. The van der Waals surface area contributed by atoms with Crippen LogP contribution in [-0.2, 0) is 0 Å². The van der Waals surface area contributed by atoms with Crippen molar-refractivity contribution in [1.82, 2.24) is 0 Å². The highest BCUT2D eigenvalue weighted by atomic mass is 16.3. The van der Waals surface area contributed by atoms with E-state index in [1.54, 1.807) is 0 Å². The minimum atomic E-state index is 0.421. The van der Waals surface area contributed by atoms with E-state index in [2.05, 4.69) is 6.92 Å². The summed E-state index contributed by atoms with van der Waals surface area (Å²) in [4.78, 5) is 0. The monoisotopic (exact) mass is 170 g/mol. The highest BCUT2D eigenvalue weighted by molar-refractivity contribution is 4.74. The SMILES string of the molecule is CCCCC[C@@H]1CC[C@@H](CO)C1. The molecule has 0 aliphatic heterocycles. The van der Waals surface area contributed by atoms with Gasteiger partial charge in [0.2, 0.25) is 0 Å². The van der Waals surface area contributed by atoms with Crippen molar-refractivity contribution < 1.29 is 5.11 Å². The molecule has 0 aromatic rings. The van der Waals surface area contributed by atoms with Gasteiger partial charge in [-0.05, 0) is 24.7 Å². The van der Waals surface area contributed by atoms with Crippen molar-refractivity contribution in [1.29, 1.82) is 0 Å². The van der Waals surface area contributed by atoms with Gasteiger partial charge in [-0.15, -0.1) is 0 Å². The molecule has 1 rings (SSSR count). The lowest BCUT2D eigenvalue weighted by Gasteiger charge is -2.08. The average molecular weight is 170 g/mol. The lowest BCUT2D eigenvalue weighted by molar-refractivity contribution is 0.225. The highest BCUT2D eigenvalue weighted by Gasteiger charge is 2.22. The largest absolute Gasteiger partial charge is 0.396 e. The van der Waals surface area contributed by atoms with Gasteiger partial charge in [-0.1, -0.05) is 39.0 Å². The molecule has 1 aliphatic carbocycles. The molecule has 0 heterocycles. The molecule has 0 bridgehead atoms. The molecule has 0 radical (unpaired) electrons. The zero-order chi connectivity index (χ0) is 8.81. The summed E-state index contributed by atoms with van der Waals surface area (Å²) < 4.78 is 0. The molecule has 12 heavy (non-hydrogen) atoms. The van der Waals surface area contributed by atoms with Crippen LogP contribution in [0.1, 0.15) is 51.9 Å². The molecule has 0 saturated heterocycles. The van der Waals surface area contributed by atoms with Crippen LogP contribution in [-0.4, -0.2) is 11.7 Å². The van der Waals surface area contributed by atoms with Gasteiger partial charge in [0.1, 0.15) is 0 Å². The molecule has 1 heteroatoms. The Morgan fingerprint density at radius 3 is 2.50 bits per heavy atom. The molecule has 1 aliphatic rings. The molecule has 1 fully saturated rings. The molecule has 0 amide bonds. The maximum atomic E-state index is 8.96. The summed E-state index contributed by atoms with van der Waals surface area (Å²) in [5.41, 5.74) is 0. The summed E-state index contributed by atoms with van der Waals surface area (Å²) >= 11 is 0. The highest BCUT2D eigenvalue weighted by Crippen LogP contribution is 2.33. The number of unbranched alkanes of at least 4 members (excludes halogenated alkanes) is 2. The van der Waals surface area contributed by atoms with E-state index >= 15 is 0 Å². The molecule has 1 N–H and O–H groups in total. The van der Waals surface area contributed by atoms with Crippen molar-refractivity contribution in [3.8, 4) is 0 Å². The quantitative estimate of drug-likeness (QED) is 0.629. The molecular weight excluding hydrogens is 148 g/mol. The van der Waals surface area contributed by atoms with E-state index < -0.39 is 0 Å². The van der Waals surface area contributed by atoms with Crippen LogP contribution in [0.5, 0.6) is 0 Å². The Morgan fingerprint density at radius 2 is 1.92 bits per heavy atom. The summed E-state index contributed by atoms with van der Waals surface area (Å²) in [5, 5.41) is 8.96. The van der Waals surface area contributed by atoms with Gasteiger partial charge in [-0.25, -0.2) is 0 Å². The molecule has 0 aromatic carbocycles. The van der Waals surface area contributed by atoms with E-state index in [0.29, 0.717) is 12.5 Å². The first kappa shape index (κ1) is 10.0. The van der Waals surface area contributed by atoms with Gasteiger partial charge in [0.25, 0.3) is 0 Å². The van der Waals surface area contributed by atoms with Gasteiger partial charge in [-0.3, -0.25) is 0 Å². The second-order valence-electron chi connectivity index (χ2n) is 4.22. The fraction of sp³-hybridized carbons (Fsp3) is 1.00. The van der Waals surface area contributed by atoms with Gasteiger partial charge < -0.3 is 5.11 Å². The molecular formula is C11H22O. The fourth-order valence-electron chi connectivity index (χ4n) is 2.29. The van der Waals surface area contributed by atoms with Crippen LogP contribution in [0.3, 0.4) is 0 Å². The molecule has 72 valence electrons. The Labute approximate surface area is 76.2 Å². The number of hydrogen-bond acceptors (Lipinski definition) is 1. The predicted octanol–water partition coefficient (Wildman–Crippen LogP) is 2.98. The molecule has 1 nitrogen and oxygen atoms in total. The van der Waals surface area contributed by atoms with Crippen LogP contribution >= 0.6 is 0 Å². The van der Waals surface area contributed by atoms with E-state index in [1.807, 2.05) is 0 Å². The van der Waals surface area contributed by atoms with Crippen LogP contribution in [0.25, 0.3) is 0 Å². The summed E-state index contributed by atoms with van der Waals surface area (Å²) in [6, 6.07) is 0. The average Bonchev–Trinajstić information content (AvgIpc) is 2.53. The zero-order valence-corrected chi connectivity index (χ0v) is 8.26. The third-order valence-electron chi connectivity index (χ3n) is 3.12. The molecule has 1 saturated carbocycles. The number of hydrogen-bond donors (Lipinski definition) is 1. The fourth-order valence-corrected chi connectivity index (χ4v) is 2.29. The minimum absolute atomic E-state index is 0.421. The molecule has 0 aromatic heterocycles. The topological polar surface area (TPSA) is 20.2 Å². The van der Waals surface area contributed by atoms with Gasteiger partial charge in [0, 0.05) is 6.61 Å². The number of aliphatic hydroxyl groups is 1. The van der Waals surface area contributed by atoms with Crippen molar-refractivity contribution in [3.63, 3.8) is 0 Å². The van der Waals surface area contributed by atoms with Crippen molar-refractivity contribution in [2.45, 2.75) is 51.9 Å². The van der Waals surface area contributed by atoms with Crippen LogP contribution in [0.2, 0.25) is 0 Å². The normalized spacial score (nSPS) is 29.5. The Morgan fingerprint density at radius 1 is 1.17 bits per heavy atom. The third kappa shape index (κ3) is 3.14. The van der Waals surface area contributed by atoms with E-state index in [0.717, 1.165) is 5.92 Å². The second-order valence-corrected chi connectivity index (χ2v) is 4.22. The van der Waals surface area contributed by atoms with Crippen LogP contribution in [0, 0.1) is 11.8 Å². The molecule has 0 spiro atoms. The molecule has 0 unspecified atom stereocenters. The van der Waals surface area contributed by atoms with Gasteiger partial charge in [-0.2, -0.15) is 0 Å². The zero-order valence-electron chi connectivity index (χ0n) is 8.26. The maximum Gasteiger partial charge on any atom is 0.0459 e. The van der Waals surface area contributed by atoms with Crippen LogP contribution in [0.15, 0.2) is 0 Å². The number of aliphatic hydroxyl groups excluding tert-OH is 1. The predicted molar refractivity (Wildman–Crippen MR) is 52.1 cm³/mol. The van der Waals surface area contributed by atoms with Crippen LogP contribution < -0.4 is 0 Å². The third-order valence-corrected chi connectivity index (χ3v) is 3.12. The lowest BCUT2D eigenvalue weighted by Crippen LogP contribution is -2.01. The van der Waals surface area contributed by atoms with Gasteiger partial charge in [0.15, 0.2) is 0 Å². The van der Waals surface area contributed by atoms with Crippen LogP contribution in [0.4, 0.5) is 0 Å². The van der Waals surface area contributed by atoms with E-state index in [4.69, 9.17) is 5.11 Å². The Balaban J connectivity index is 2.03. The number of rotatable bonds is 5. The second kappa shape index (κ2) is 5.58. The standard InChI is InChI=1S/C11H22O/c1-2-3-4-5-10-6-7-11(8-10)9-12/h10-12H,2-9H2,1H3/t10-,11-/m1/s1. The van der Waals surface area contributed by atoms with E-state index in [1.165, 1.54) is 44.9 Å². The lowest BCUT2D eigenvalue weighted by atomic mass is 9.99. The first-order chi connectivity index (χ1) is 5.86. The Bertz CT molecular complexity index is 112. The van der Waals surface area contributed by atoms with Gasteiger partial charge >= 0.3 is 0 Å². The van der Waals surface area contributed by atoms with E-state index in [9.17, 15) is 0 Å². The summed E-state index contributed by atoms with van der Waals surface area (Å²) in [6.45, 7) is 2.68. The Hall–Kier alpha value is -0.0400. The van der Waals surface area contributed by atoms with Crippen molar-refractivity contribution in [3.05, 3.63) is 0 Å². The maximum absolute atomic E-state index is 8.96. The summed E-state index contributed by atoms with van der Waals surface area (Å²) in [7, 11) is 0. The first-order valence-electron chi connectivity index (χ1n) is 5.47. The van der Waals surface area contributed by atoms with Crippen molar-refractivity contribution >= 4 is 0 Å². The first-order valence-corrected chi connectivity index (χ1v) is 5.47. The summed E-state index contributed by atoms with van der Waals surface area (Å²) in [6.07, 6.45) is 9.46. The van der Waals surface area contributed by atoms with E-state index in [-0.39, 0.29) is 0 Å². The molecule has 2 atom stereocenters.